The third-order valence-corrected chi connectivity index (χ3v) is 11.1. The summed E-state index contributed by atoms with van der Waals surface area (Å²) in [6.07, 6.45) is 0. The molecule has 11 rings (SSSR count). The van der Waals surface area contributed by atoms with E-state index in [0.717, 1.165) is 11.4 Å². The SMILES string of the molecule is Cn1c2ccccc2c2cc(-c3ccc4c(c3)c3c(-c5ccc6c7ccccc7n(-c7ccccc7)c6c5)cccc3n4-c3ccccc3)ccc21. The third kappa shape index (κ3) is 4.14. The van der Waals surface area contributed by atoms with Crippen molar-refractivity contribution < 1.29 is 0 Å². The molecule has 3 aromatic heterocycles. The Morgan fingerprint density at radius 1 is 0.308 bits per heavy atom. The Labute approximate surface area is 300 Å². The van der Waals surface area contributed by atoms with Crippen LogP contribution in [-0.2, 0) is 7.05 Å². The summed E-state index contributed by atoms with van der Waals surface area (Å²) in [4.78, 5) is 0. The smallest absolute Gasteiger partial charge is 0.0547 e. The number of para-hydroxylation sites is 4. The molecule has 0 spiro atoms. The van der Waals surface area contributed by atoms with Crippen molar-refractivity contribution in [2.45, 2.75) is 0 Å². The van der Waals surface area contributed by atoms with Gasteiger partial charge in [0.05, 0.1) is 22.1 Å². The zero-order valence-electron chi connectivity index (χ0n) is 28.7. The zero-order chi connectivity index (χ0) is 34.3. The summed E-state index contributed by atoms with van der Waals surface area (Å²) in [5.41, 5.74) is 14.5. The Hall–Kier alpha value is -6.84. The van der Waals surface area contributed by atoms with Crippen molar-refractivity contribution >= 4 is 65.4 Å². The topological polar surface area (TPSA) is 14.8 Å². The van der Waals surface area contributed by atoms with Crippen LogP contribution >= 0.6 is 0 Å². The summed E-state index contributed by atoms with van der Waals surface area (Å²) in [6, 6.07) is 66.6. The molecular formula is C49H33N3. The second-order valence-electron chi connectivity index (χ2n) is 13.8. The Balaban J connectivity index is 1.19. The van der Waals surface area contributed by atoms with E-state index in [1.54, 1.807) is 0 Å². The molecule has 0 saturated carbocycles. The molecule has 0 aliphatic carbocycles. The van der Waals surface area contributed by atoms with E-state index in [-0.39, 0.29) is 0 Å². The molecule has 0 aliphatic rings. The molecule has 244 valence electrons. The first-order valence-electron chi connectivity index (χ1n) is 17.9. The number of benzene rings is 8. The molecule has 8 aromatic carbocycles. The molecular weight excluding hydrogens is 631 g/mol. The Morgan fingerprint density at radius 3 is 1.54 bits per heavy atom. The molecule has 0 fully saturated rings. The summed E-state index contributed by atoms with van der Waals surface area (Å²) in [5, 5.41) is 7.59. The highest BCUT2D eigenvalue weighted by atomic mass is 15.0. The number of nitrogens with zero attached hydrogens (tertiary/aromatic N) is 3. The lowest BCUT2D eigenvalue weighted by atomic mass is 9.96. The molecule has 0 atom stereocenters. The molecule has 0 saturated heterocycles. The predicted molar refractivity (Wildman–Crippen MR) is 220 cm³/mol. The summed E-state index contributed by atoms with van der Waals surface area (Å²) < 4.78 is 7.12. The van der Waals surface area contributed by atoms with Gasteiger partial charge in [0.15, 0.2) is 0 Å². The van der Waals surface area contributed by atoms with Gasteiger partial charge in [-0.2, -0.15) is 0 Å². The van der Waals surface area contributed by atoms with Gasteiger partial charge in [0.1, 0.15) is 0 Å². The average molecular weight is 664 g/mol. The van der Waals surface area contributed by atoms with E-state index in [1.165, 1.54) is 87.7 Å². The van der Waals surface area contributed by atoms with Crippen LogP contribution in [0.2, 0.25) is 0 Å². The summed E-state index contributed by atoms with van der Waals surface area (Å²) in [7, 11) is 2.16. The van der Waals surface area contributed by atoms with Gasteiger partial charge in [0.2, 0.25) is 0 Å². The van der Waals surface area contributed by atoms with Gasteiger partial charge in [-0.05, 0) is 95.1 Å². The normalized spacial score (nSPS) is 11.9. The molecule has 3 nitrogen and oxygen atoms in total. The van der Waals surface area contributed by atoms with Crippen molar-refractivity contribution in [3.05, 3.63) is 182 Å². The van der Waals surface area contributed by atoms with E-state index in [2.05, 4.69) is 203 Å². The number of fused-ring (bicyclic) bond motifs is 9. The van der Waals surface area contributed by atoms with Crippen molar-refractivity contribution in [1.82, 2.24) is 13.7 Å². The van der Waals surface area contributed by atoms with Crippen molar-refractivity contribution in [2.24, 2.45) is 7.05 Å². The Morgan fingerprint density at radius 2 is 0.808 bits per heavy atom. The van der Waals surface area contributed by atoms with Crippen molar-refractivity contribution in [3.8, 4) is 33.6 Å². The highest BCUT2D eigenvalue weighted by Crippen LogP contribution is 2.42. The molecule has 0 radical (unpaired) electrons. The monoisotopic (exact) mass is 663 g/mol. The first kappa shape index (κ1) is 28.9. The van der Waals surface area contributed by atoms with E-state index in [1.807, 2.05) is 0 Å². The number of aromatic nitrogens is 3. The van der Waals surface area contributed by atoms with Gasteiger partial charge in [0, 0.05) is 61.8 Å². The summed E-state index contributed by atoms with van der Waals surface area (Å²) in [5.74, 6) is 0. The number of rotatable bonds is 4. The zero-order valence-corrected chi connectivity index (χ0v) is 28.7. The van der Waals surface area contributed by atoms with Crippen LogP contribution in [0.25, 0.3) is 99.0 Å². The summed E-state index contributed by atoms with van der Waals surface area (Å²) in [6.45, 7) is 0. The minimum atomic E-state index is 1.16. The quantitative estimate of drug-likeness (QED) is 0.178. The lowest BCUT2D eigenvalue weighted by Crippen LogP contribution is -1.94. The Bertz CT molecular complexity index is 3180. The van der Waals surface area contributed by atoms with Gasteiger partial charge in [-0.25, -0.2) is 0 Å². The van der Waals surface area contributed by atoms with Crippen LogP contribution < -0.4 is 0 Å². The lowest BCUT2D eigenvalue weighted by molar-refractivity contribution is 1.01. The highest BCUT2D eigenvalue weighted by molar-refractivity contribution is 6.18. The molecule has 0 aliphatic heterocycles. The van der Waals surface area contributed by atoms with Crippen molar-refractivity contribution in [1.29, 1.82) is 0 Å². The fraction of sp³-hybridized carbons (Fsp3) is 0.0204. The number of hydrogen-bond donors (Lipinski definition) is 0. The van der Waals surface area contributed by atoms with Gasteiger partial charge in [-0.1, -0.05) is 109 Å². The third-order valence-electron chi connectivity index (χ3n) is 11.1. The highest BCUT2D eigenvalue weighted by Gasteiger charge is 2.19. The average Bonchev–Trinajstić information content (AvgIpc) is 3.83. The molecule has 0 N–H and O–H groups in total. The molecule has 0 bridgehead atoms. The number of hydrogen-bond acceptors (Lipinski definition) is 0. The van der Waals surface area contributed by atoms with E-state index < -0.39 is 0 Å². The van der Waals surface area contributed by atoms with Crippen molar-refractivity contribution in [2.75, 3.05) is 0 Å². The largest absolute Gasteiger partial charge is 0.344 e. The predicted octanol–water partition coefficient (Wildman–Crippen LogP) is 12.9. The van der Waals surface area contributed by atoms with Gasteiger partial charge in [-0.15, -0.1) is 0 Å². The van der Waals surface area contributed by atoms with E-state index in [4.69, 9.17) is 0 Å². The first-order valence-corrected chi connectivity index (χ1v) is 17.9. The summed E-state index contributed by atoms with van der Waals surface area (Å²) >= 11 is 0. The van der Waals surface area contributed by atoms with Crippen LogP contribution in [0.4, 0.5) is 0 Å². The molecule has 11 aromatic rings. The minimum absolute atomic E-state index is 1.16. The second kappa shape index (κ2) is 11.1. The van der Waals surface area contributed by atoms with Crippen LogP contribution in [-0.4, -0.2) is 13.7 Å². The molecule has 3 heteroatoms. The van der Waals surface area contributed by atoms with Gasteiger partial charge >= 0.3 is 0 Å². The fourth-order valence-electron chi connectivity index (χ4n) is 8.69. The van der Waals surface area contributed by atoms with E-state index in [0.29, 0.717) is 0 Å². The maximum Gasteiger partial charge on any atom is 0.0547 e. The Kier molecular flexibility index (Phi) is 6.17. The van der Waals surface area contributed by atoms with Gasteiger partial charge in [0.25, 0.3) is 0 Å². The molecule has 0 unspecified atom stereocenters. The standard InChI is InChI=1S/C49H33N3/c1-50-43-20-10-8-18-39(43)41-29-32(24-27-44(41)50)33-25-28-46-42(30-33)49-37(19-12-22-47(49)51(46)35-13-4-2-5-14-35)34-23-26-40-38-17-9-11-21-45(38)52(48(40)31-34)36-15-6-3-7-16-36/h2-31H,1H3. The van der Waals surface area contributed by atoms with Crippen LogP contribution in [0.5, 0.6) is 0 Å². The molecule has 0 amide bonds. The van der Waals surface area contributed by atoms with Crippen LogP contribution in [0, 0.1) is 0 Å². The van der Waals surface area contributed by atoms with Crippen LogP contribution in [0.3, 0.4) is 0 Å². The van der Waals surface area contributed by atoms with Crippen molar-refractivity contribution in [3.63, 3.8) is 0 Å². The van der Waals surface area contributed by atoms with Crippen LogP contribution in [0.15, 0.2) is 182 Å². The van der Waals surface area contributed by atoms with Crippen LogP contribution in [0.1, 0.15) is 0 Å². The lowest BCUT2D eigenvalue weighted by Gasteiger charge is -2.10. The first-order chi connectivity index (χ1) is 25.7. The maximum atomic E-state index is 2.42. The second-order valence-corrected chi connectivity index (χ2v) is 13.8. The number of aryl methyl sites for hydroxylation is 1. The molecule has 3 heterocycles. The van der Waals surface area contributed by atoms with E-state index >= 15 is 0 Å². The fourth-order valence-corrected chi connectivity index (χ4v) is 8.69. The van der Waals surface area contributed by atoms with Gasteiger partial charge < -0.3 is 13.7 Å². The molecule has 52 heavy (non-hydrogen) atoms. The minimum Gasteiger partial charge on any atom is -0.344 e. The van der Waals surface area contributed by atoms with E-state index in [9.17, 15) is 0 Å². The maximum absolute atomic E-state index is 2.42. The van der Waals surface area contributed by atoms with Gasteiger partial charge in [-0.3, -0.25) is 0 Å².